The van der Waals surface area contributed by atoms with Crippen LogP contribution in [0.15, 0.2) is 72.8 Å². The van der Waals surface area contributed by atoms with E-state index in [4.69, 9.17) is 4.74 Å². The minimum absolute atomic E-state index is 0.260. The van der Waals surface area contributed by atoms with Crippen LogP contribution < -0.4 is 0 Å². The van der Waals surface area contributed by atoms with Crippen LogP contribution in [0.5, 0.6) is 0 Å². The standard InChI is InChI=1S/C35H46O2/c1-4-5-6-7-8-9-10-11-12-13-14-19-30-24-26-31(27-25-30)33-21-16-18-23-35(33)34-22-17-15-20-32(34)28(2)37-29(3)36/h15-18,20-28H,4-14,19H2,1-3H3. The molecule has 0 radical (unpaired) electrons. The van der Waals surface area contributed by atoms with Crippen molar-refractivity contribution in [1.29, 1.82) is 0 Å². The number of benzene rings is 3. The van der Waals surface area contributed by atoms with Crippen LogP contribution in [0.25, 0.3) is 22.3 Å². The van der Waals surface area contributed by atoms with Gasteiger partial charge < -0.3 is 4.74 Å². The Morgan fingerprint density at radius 3 is 1.76 bits per heavy atom. The van der Waals surface area contributed by atoms with Gasteiger partial charge in [-0.1, -0.05) is 144 Å². The first-order chi connectivity index (χ1) is 18.1. The Morgan fingerprint density at radius 2 is 1.16 bits per heavy atom. The van der Waals surface area contributed by atoms with Crippen LogP contribution in [-0.2, 0) is 16.0 Å². The van der Waals surface area contributed by atoms with E-state index < -0.39 is 0 Å². The number of esters is 1. The van der Waals surface area contributed by atoms with Crippen LogP contribution in [0, 0.1) is 0 Å². The molecule has 0 bridgehead atoms. The fourth-order valence-electron chi connectivity index (χ4n) is 5.22. The smallest absolute Gasteiger partial charge is 0.303 e. The van der Waals surface area contributed by atoms with E-state index in [2.05, 4.69) is 67.6 Å². The van der Waals surface area contributed by atoms with Crippen molar-refractivity contribution in [2.75, 3.05) is 0 Å². The summed E-state index contributed by atoms with van der Waals surface area (Å²) in [6.07, 6.45) is 16.0. The first-order valence-electron chi connectivity index (χ1n) is 14.5. The zero-order chi connectivity index (χ0) is 26.3. The van der Waals surface area contributed by atoms with Gasteiger partial charge in [-0.3, -0.25) is 4.79 Å². The fraction of sp³-hybridized carbons (Fsp3) is 0.457. The van der Waals surface area contributed by atoms with E-state index in [9.17, 15) is 4.79 Å². The lowest BCUT2D eigenvalue weighted by Crippen LogP contribution is -2.06. The number of hydrogen-bond donors (Lipinski definition) is 0. The topological polar surface area (TPSA) is 26.3 Å². The lowest BCUT2D eigenvalue weighted by atomic mass is 9.90. The Bertz CT molecular complexity index is 1070. The van der Waals surface area contributed by atoms with Crippen molar-refractivity contribution in [1.82, 2.24) is 0 Å². The van der Waals surface area contributed by atoms with Crippen molar-refractivity contribution in [2.45, 2.75) is 104 Å². The Kier molecular flexibility index (Phi) is 12.5. The fourth-order valence-corrected chi connectivity index (χ4v) is 5.22. The molecule has 0 aliphatic carbocycles. The highest BCUT2D eigenvalue weighted by Gasteiger charge is 2.16. The van der Waals surface area contributed by atoms with E-state index >= 15 is 0 Å². The van der Waals surface area contributed by atoms with Crippen molar-refractivity contribution in [2.24, 2.45) is 0 Å². The number of ether oxygens (including phenoxy) is 1. The van der Waals surface area contributed by atoms with E-state index in [1.54, 1.807) is 0 Å². The lowest BCUT2D eigenvalue weighted by molar-refractivity contribution is -0.145. The SMILES string of the molecule is CCCCCCCCCCCCCc1ccc(-c2ccccc2-c2ccccc2C(C)OC(C)=O)cc1. The van der Waals surface area contributed by atoms with E-state index in [-0.39, 0.29) is 12.1 Å². The molecule has 1 unspecified atom stereocenters. The van der Waals surface area contributed by atoms with Gasteiger partial charge in [0.1, 0.15) is 6.10 Å². The van der Waals surface area contributed by atoms with Gasteiger partial charge in [-0.25, -0.2) is 0 Å². The van der Waals surface area contributed by atoms with Crippen LogP contribution >= 0.6 is 0 Å². The first kappa shape index (κ1) is 28.7. The van der Waals surface area contributed by atoms with Crippen LogP contribution in [0.4, 0.5) is 0 Å². The van der Waals surface area contributed by atoms with E-state index in [0.717, 1.165) is 23.1 Å². The lowest BCUT2D eigenvalue weighted by Gasteiger charge is -2.19. The number of rotatable bonds is 16. The number of carbonyl (C=O) groups is 1. The minimum atomic E-state index is -0.296. The summed E-state index contributed by atoms with van der Waals surface area (Å²) in [5.74, 6) is -0.260. The molecule has 3 aromatic carbocycles. The summed E-state index contributed by atoms with van der Waals surface area (Å²) in [6.45, 7) is 5.68. The summed E-state index contributed by atoms with van der Waals surface area (Å²) in [5, 5.41) is 0. The highest BCUT2D eigenvalue weighted by atomic mass is 16.5. The summed E-state index contributed by atoms with van der Waals surface area (Å²) < 4.78 is 5.51. The van der Waals surface area contributed by atoms with Crippen molar-refractivity contribution in [3.8, 4) is 22.3 Å². The number of unbranched alkanes of at least 4 members (excludes halogenated alkanes) is 10. The van der Waals surface area contributed by atoms with Gasteiger partial charge >= 0.3 is 5.97 Å². The quantitative estimate of drug-likeness (QED) is 0.145. The summed E-state index contributed by atoms with van der Waals surface area (Å²) >= 11 is 0. The highest BCUT2D eigenvalue weighted by molar-refractivity contribution is 5.85. The molecule has 2 heteroatoms. The molecule has 3 aromatic rings. The largest absolute Gasteiger partial charge is 0.458 e. The van der Waals surface area contributed by atoms with Gasteiger partial charge in [0, 0.05) is 6.92 Å². The Hall–Kier alpha value is -2.87. The number of hydrogen-bond acceptors (Lipinski definition) is 2. The number of aryl methyl sites for hydroxylation is 1. The molecule has 0 N–H and O–H groups in total. The molecule has 0 heterocycles. The van der Waals surface area contributed by atoms with Crippen LogP contribution in [0.3, 0.4) is 0 Å². The average molecular weight is 499 g/mol. The van der Waals surface area contributed by atoms with Gasteiger partial charge in [-0.2, -0.15) is 0 Å². The maximum Gasteiger partial charge on any atom is 0.303 e. The molecule has 0 aliphatic rings. The molecule has 0 amide bonds. The van der Waals surface area contributed by atoms with Gasteiger partial charge in [0.15, 0.2) is 0 Å². The Morgan fingerprint density at radius 1 is 0.649 bits per heavy atom. The second-order valence-electron chi connectivity index (χ2n) is 10.4. The molecule has 0 aromatic heterocycles. The monoisotopic (exact) mass is 498 g/mol. The summed E-state index contributed by atoms with van der Waals surface area (Å²) in [6, 6.07) is 25.8. The Labute approximate surface area is 225 Å². The van der Waals surface area contributed by atoms with Gasteiger partial charge in [0.2, 0.25) is 0 Å². The predicted molar refractivity (Wildman–Crippen MR) is 158 cm³/mol. The average Bonchev–Trinajstić information content (AvgIpc) is 2.92. The van der Waals surface area contributed by atoms with E-state index in [1.165, 1.54) is 94.2 Å². The zero-order valence-corrected chi connectivity index (χ0v) is 23.3. The van der Waals surface area contributed by atoms with Crippen molar-refractivity contribution >= 4 is 5.97 Å². The van der Waals surface area contributed by atoms with Gasteiger partial charge in [0.05, 0.1) is 0 Å². The maximum absolute atomic E-state index is 11.6. The molecular weight excluding hydrogens is 452 g/mol. The van der Waals surface area contributed by atoms with Crippen molar-refractivity contribution in [3.05, 3.63) is 83.9 Å². The molecule has 0 spiro atoms. The third-order valence-electron chi connectivity index (χ3n) is 7.29. The summed E-state index contributed by atoms with van der Waals surface area (Å²) in [7, 11) is 0. The third kappa shape index (κ3) is 9.50. The summed E-state index contributed by atoms with van der Waals surface area (Å²) in [5.41, 5.74) is 7.13. The maximum atomic E-state index is 11.6. The number of carbonyl (C=O) groups excluding carboxylic acids is 1. The molecule has 0 saturated carbocycles. The molecule has 0 fully saturated rings. The minimum Gasteiger partial charge on any atom is -0.458 e. The van der Waals surface area contributed by atoms with Gasteiger partial charge in [-0.05, 0) is 53.1 Å². The summed E-state index contributed by atoms with van der Waals surface area (Å²) in [4.78, 5) is 11.6. The zero-order valence-electron chi connectivity index (χ0n) is 23.3. The Balaban J connectivity index is 1.54. The van der Waals surface area contributed by atoms with Gasteiger partial charge in [-0.15, -0.1) is 0 Å². The molecule has 0 saturated heterocycles. The van der Waals surface area contributed by atoms with E-state index in [0.29, 0.717) is 0 Å². The molecule has 37 heavy (non-hydrogen) atoms. The second-order valence-corrected chi connectivity index (χ2v) is 10.4. The van der Waals surface area contributed by atoms with Gasteiger partial charge in [0.25, 0.3) is 0 Å². The van der Waals surface area contributed by atoms with Crippen LogP contribution in [0.1, 0.15) is 109 Å². The molecule has 3 rings (SSSR count). The molecule has 1 atom stereocenters. The first-order valence-corrected chi connectivity index (χ1v) is 14.5. The molecule has 0 aliphatic heterocycles. The molecule has 198 valence electrons. The normalized spacial score (nSPS) is 11.9. The van der Waals surface area contributed by atoms with Crippen molar-refractivity contribution in [3.63, 3.8) is 0 Å². The van der Waals surface area contributed by atoms with Crippen LogP contribution in [0.2, 0.25) is 0 Å². The molecule has 2 nitrogen and oxygen atoms in total. The predicted octanol–water partition coefficient (Wildman–Crippen LogP) is 10.5. The van der Waals surface area contributed by atoms with Crippen molar-refractivity contribution < 1.29 is 9.53 Å². The van der Waals surface area contributed by atoms with E-state index in [1.807, 2.05) is 19.1 Å². The highest BCUT2D eigenvalue weighted by Crippen LogP contribution is 2.37. The third-order valence-corrected chi connectivity index (χ3v) is 7.29. The second kappa shape index (κ2) is 16.1. The van der Waals surface area contributed by atoms with Crippen LogP contribution in [-0.4, -0.2) is 5.97 Å². The molecular formula is C35H46O2.